The lowest BCUT2D eigenvalue weighted by Crippen LogP contribution is -2.06. The van der Waals surface area contributed by atoms with E-state index in [1.54, 1.807) is 31.2 Å². The number of esters is 1. The molecule has 6 nitrogen and oxygen atoms in total. The van der Waals surface area contributed by atoms with Gasteiger partial charge in [-0.2, -0.15) is 0 Å². The number of hydrogen-bond acceptors (Lipinski definition) is 5. The van der Waals surface area contributed by atoms with Crippen LogP contribution in [0.15, 0.2) is 46.9 Å². The van der Waals surface area contributed by atoms with Crippen LogP contribution in [0.4, 0.5) is 5.88 Å². The Morgan fingerprint density at radius 2 is 2.09 bits per heavy atom. The molecule has 0 saturated heterocycles. The molecule has 0 amide bonds. The summed E-state index contributed by atoms with van der Waals surface area (Å²) in [6, 6.07) is 9.64. The highest BCUT2D eigenvalue weighted by molar-refractivity contribution is 6.31. The third-order valence-corrected chi connectivity index (χ3v) is 3.16. The molecule has 0 N–H and O–H groups in total. The average Bonchev–Trinajstić information content (AvgIpc) is 2.94. The monoisotopic (exact) mass is 321 g/mol. The van der Waals surface area contributed by atoms with Gasteiger partial charge in [-0.25, -0.2) is 4.79 Å². The van der Waals surface area contributed by atoms with Gasteiger partial charge >= 0.3 is 11.9 Å². The topological polar surface area (TPSA) is 82.6 Å². The first-order valence-corrected chi connectivity index (χ1v) is 6.72. The summed E-state index contributed by atoms with van der Waals surface area (Å²) in [7, 11) is 0. The highest BCUT2D eigenvalue weighted by Gasteiger charge is 2.13. The van der Waals surface area contributed by atoms with Gasteiger partial charge in [0.15, 0.2) is 0 Å². The lowest BCUT2D eigenvalue weighted by atomic mass is 10.1. The molecule has 1 aromatic carbocycles. The van der Waals surface area contributed by atoms with Gasteiger partial charge < -0.3 is 9.15 Å². The van der Waals surface area contributed by atoms with E-state index >= 15 is 0 Å². The van der Waals surface area contributed by atoms with E-state index in [0.717, 1.165) is 6.08 Å². The van der Waals surface area contributed by atoms with Gasteiger partial charge in [0.2, 0.25) is 0 Å². The molecule has 0 fully saturated rings. The first-order chi connectivity index (χ1) is 10.5. The van der Waals surface area contributed by atoms with Crippen LogP contribution in [0.1, 0.15) is 24.4 Å². The first-order valence-electron chi connectivity index (χ1n) is 6.34. The van der Waals surface area contributed by atoms with E-state index in [-0.39, 0.29) is 5.76 Å². The third kappa shape index (κ3) is 3.95. The van der Waals surface area contributed by atoms with Crippen molar-refractivity contribution < 1.29 is 18.9 Å². The van der Waals surface area contributed by atoms with Crippen LogP contribution in [0.2, 0.25) is 5.02 Å². The Labute approximate surface area is 131 Å². The van der Waals surface area contributed by atoms with Crippen molar-refractivity contribution in [3.8, 4) is 0 Å². The van der Waals surface area contributed by atoms with Crippen molar-refractivity contribution in [1.29, 1.82) is 0 Å². The van der Waals surface area contributed by atoms with Crippen LogP contribution in [0.5, 0.6) is 0 Å². The lowest BCUT2D eigenvalue weighted by molar-refractivity contribution is -0.402. The number of nitrogens with zero attached hydrogens (tertiary/aromatic N) is 1. The highest BCUT2D eigenvalue weighted by atomic mass is 35.5. The Morgan fingerprint density at radius 3 is 2.73 bits per heavy atom. The van der Waals surface area contributed by atoms with E-state index in [0.29, 0.717) is 10.6 Å². The zero-order valence-corrected chi connectivity index (χ0v) is 12.3. The molecule has 0 spiro atoms. The van der Waals surface area contributed by atoms with Crippen molar-refractivity contribution in [2.24, 2.45) is 0 Å². The Morgan fingerprint density at radius 1 is 1.36 bits per heavy atom. The number of rotatable bonds is 5. The van der Waals surface area contributed by atoms with Gasteiger partial charge in [0.25, 0.3) is 0 Å². The molecule has 0 aliphatic rings. The summed E-state index contributed by atoms with van der Waals surface area (Å²) in [5, 5.41) is 11.0. The molecule has 0 aliphatic heterocycles. The molecule has 1 aromatic heterocycles. The van der Waals surface area contributed by atoms with Crippen molar-refractivity contribution >= 4 is 29.5 Å². The standard InChI is InChI=1S/C15H12ClNO5/c1-10(12-4-2-3-5-13(12)16)21-15(18)9-7-11-6-8-14(22-11)17(19)20/h2-10H,1H3/b9-7+/t10-/m0/s1. The zero-order chi connectivity index (χ0) is 16.1. The number of benzene rings is 1. The maximum Gasteiger partial charge on any atom is 0.433 e. The van der Waals surface area contributed by atoms with Crippen molar-refractivity contribution in [3.05, 3.63) is 68.9 Å². The smallest absolute Gasteiger partial charge is 0.433 e. The third-order valence-electron chi connectivity index (χ3n) is 2.81. The summed E-state index contributed by atoms with van der Waals surface area (Å²) >= 11 is 6.02. The second-order valence-electron chi connectivity index (χ2n) is 4.37. The molecule has 0 radical (unpaired) electrons. The van der Waals surface area contributed by atoms with Crippen LogP contribution < -0.4 is 0 Å². The predicted octanol–water partition coefficient (Wildman–Crippen LogP) is 4.16. The Hall–Kier alpha value is -2.60. The molecule has 114 valence electrons. The fourth-order valence-corrected chi connectivity index (χ4v) is 2.05. The summed E-state index contributed by atoms with van der Waals surface area (Å²) in [6.07, 6.45) is 1.92. The van der Waals surface area contributed by atoms with E-state index < -0.39 is 22.9 Å². The van der Waals surface area contributed by atoms with Gasteiger partial charge in [-0.05, 0) is 25.1 Å². The summed E-state index contributed by atoms with van der Waals surface area (Å²) in [5.74, 6) is -0.807. The SMILES string of the molecule is C[C@H](OC(=O)/C=C/c1ccc([N+](=O)[O-])o1)c1ccccc1Cl. The summed E-state index contributed by atoms with van der Waals surface area (Å²) in [6.45, 7) is 1.70. The highest BCUT2D eigenvalue weighted by Crippen LogP contribution is 2.25. The van der Waals surface area contributed by atoms with E-state index in [1.165, 1.54) is 18.2 Å². The van der Waals surface area contributed by atoms with Crippen LogP contribution in [0.3, 0.4) is 0 Å². The molecule has 0 saturated carbocycles. The Bertz CT molecular complexity index is 722. The summed E-state index contributed by atoms with van der Waals surface area (Å²) in [5.41, 5.74) is 0.694. The van der Waals surface area contributed by atoms with Crippen molar-refractivity contribution in [3.63, 3.8) is 0 Å². The number of halogens is 1. The zero-order valence-electron chi connectivity index (χ0n) is 11.6. The average molecular weight is 322 g/mol. The van der Waals surface area contributed by atoms with Gasteiger partial charge in [0, 0.05) is 16.7 Å². The van der Waals surface area contributed by atoms with E-state index in [1.807, 2.05) is 0 Å². The van der Waals surface area contributed by atoms with Crippen LogP contribution in [-0.2, 0) is 9.53 Å². The molecule has 7 heteroatoms. The lowest BCUT2D eigenvalue weighted by Gasteiger charge is -2.13. The minimum atomic E-state index is -0.658. The second kappa shape index (κ2) is 6.91. The van der Waals surface area contributed by atoms with Gasteiger partial charge in [-0.1, -0.05) is 29.8 Å². The maximum absolute atomic E-state index is 11.7. The second-order valence-corrected chi connectivity index (χ2v) is 4.77. The van der Waals surface area contributed by atoms with E-state index in [9.17, 15) is 14.9 Å². The molecule has 2 rings (SSSR count). The van der Waals surface area contributed by atoms with Crippen molar-refractivity contribution in [1.82, 2.24) is 0 Å². The van der Waals surface area contributed by atoms with Crippen molar-refractivity contribution in [2.75, 3.05) is 0 Å². The fourth-order valence-electron chi connectivity index (χ4n) is 1.76. The van der Waals surface area contributed by atoms with Gasteiger partial charge in [0.05, 0.1) is 6.07 Å². The van der Waals surface area contributed by atoms with Crippen LogP contribution in [0, 0.1) is 10.1 Å². The van der Waals surface area contributed by atoms with Gasteiger partial charge in [-0.3, -0.25) is 10.1 Å². The van der Waals surface area contributed by atoms with Gasteiger partial charge in [0.1, 0.15) is 16.8 Å². The maximum atomic E-state index is 11.7. The first kappa shape index (κ1) is 15.8. The normalized spacial score (nSPS) is 12.3. The quantitative estimate of drug-likeness (QED) is 0.357. The van der Waals surface area contributed by atoms with Crippen LogP contribution in [-0.4, -0.2) is 10.9 Å². The van der Waals surface area contributed by atoms with E-state index in [2.05, 4.69) is 0 Å². The van der Waals surface area contributed by atoms with Crippen molar-refractivity contribution in [2.45, 2.75) is 13.0 Å². The molecule has 1 atom stereocenters. The predicted molar refractivity (Wildman–Crippen MR) is 80.4 cm³/mol. The number of ether oxygens (including phenoxy) is 1. The number of nitro groups is 1. The fraction of sp³-hybridized carbons (Fsp3) is 0.133. The molecule has 0 unspecified atom stereocenters. The Kier molecular flexibility index (Phi) is 4.95. The molecule has 0 bridgehead atoms. The van der Waals surface area contributed by atoms with Gasteiger partial charge in [-0.15, -0.1) is 0 Å². The number of carbonyl (C=O) groups excluding carboxylic acids is 1. The number of hydrogen-bond donors (Lipinski definition) is 0. The van der Waals surface area contributed by atoms with Crippen LogP contribution in [0.25, 0.3) is 6.08 Å². The summed E-state index contributed by atoms with van der Waals surface area (Å²) < 4.78 is 10.1. The minimum absolute atomic E-state index is 0.189. The summed E-state index contributed by atoms with van der Waals surface area (Å²) in [4.78, 5) is 21.5. The van der Waals surface area contributed by atoms with E-state index in [4.69, 9.17) is 20.8 Å². The largest absolute Gasteiger partial charge is 0.455 e. The molecule has 22 heavy (non-hydrogen) atoms. The number of furan rings is 1. The molecule has 2 aromatic rings. The molecular formula is C15H12ClNO5. The molecule has 1 heterocycles. The Balaban J connectivity index is 1.98. The number of carbonyl (C=O) groups is 1. The molecular weight excluding hydrogens is 310 g/mol. The van der Waals surface area contributed by atoms with Crippen LogP contribution >= 0.6 is 11.6 Å². The minimum Gasteiger partial charge on any atom is -0.455 e. The molecule has 0 aliphatic carbocycles.